The molecule has 2 aromatic carbocycles. The monoisotopic (exact) mass is 338 g/mol. The number of benzene rings is 2. The molecule has 4 nitrogen and oxygen atoms in total. The lowest BCUT2D eigenvalue weighted by molar-refractivity contribution is -0.133. The lowest BCUT2D eigenvalue weighted by atomic mass is 9.95. The lowest BCUT2D eigenvalue weighted by Crippen LogP contribution is -2.06. The average molecular weight is 338 g/mol. The molecule has 0 unspecified atom stereocenters. The minimum atomic E-state index is -0.393. The molecule has 1 aliphatic rings. The van der Waals surface area contributed by atoms with Gasteiger partial charge in [-0.05, 0) is 47.1 Å². The van der Waals surface area contributed by atoms with Crippen molar-refractivity contribution in [1.82, 2.24) is 0 Å². The summed E-state index contributed by atoms with van der Waals surface area (Å²) in [6, 6.07) is 16.1. The Morgan fingerprint density at radius 1 is 1.00 bits per heavy atom. The molecular weight excluding hydrogens is 316 g/mol. The highest BCUT2D eigenvalue weighted by molar-refractivity contribution is 6.16. The summed E-state index contributed by atoms with van der Waals surface area (Å²) < 4.78 is 15.2. The standard InChI is InChI=1S/C21H22O4/c1-23-13-20(21(22)25-3)17-7-5-4-6-16(17)19-12-18(19)14-8-10-15(24-2)11-9-14/h4-11,13,18-19H,12H2,1-3H3/b20-13+/t18-,19-/m0/s1. The van der Waals surface area contributed by atoms with E-state index < -0.39 is 5.97 Å². The Labute approximate surface area is 148 Å². The molecule has 0 radical (unpaired) electrons. The number of carbonyl (C=O) groups excluding carboxylic acids is 1. The van der Waals surface area contributed by atoms with Gasteiger partial charge in [0, 0.05) is 0 Å². The molecule has 25 heavy (non-hydrogen) atoms. The van der Waals surface area contributed by atoms with E-state index in [9.17, 15) is 4.79 Å². The van der Waals surface area contributed by atoms with Crippen molar-refractivity contribution in [1.29, 1.82) is 0 Å². The van der Waals surface area contributed by atoms with Crippen LogP contribution < -0.4 is 4.74 Å². The van der Waals surface area contributed by atoms with Crippen molar-refractivity contribution >= 4 is 11.5 Å². The van der Waals surface area contributed by atoms with Crippen molar-refractivity contribution in [3.05, 3.63) is 71.5 Å². The van der Waals surface area contributed by atoms with E-state index in [2.05, 4.69) is 18.2 Å². The van der Waals surface area contributed by atoms with Crippen molar-refractivity contribution in [3.8, 4) is 5.75 Å². The molecule has 0 heterocycles. The van der Waals surface area contributed by atoms with Crippen molar-refractivity contribution < 1.29 is 19.0 Å². The fourth-order valence-electron chi connectivity index (χ4n) is 3.27. The topological polar surface area (TPSA) is 44.8 Å². The third-order valence-corrected chi connectivity index (χ3v) is 4.63. The summed E-state index contributed by atoms with van der Waals surface area (Å²) in [4.78, 5) is 12.1. The van der Waals surface area contributed by atoms with E-state index in [0.29, 0.717) is 17.4 Å². The van der Waals surface area contributed by atoms with Crippen molar-refractivity contribution in [3.63, 3.8) is 0 Å². The molecule has 2 atom stereocenters. The van der Waals surface area contributed by atoms with E-state index in [1.807, 2.05) is 30.3 Å². The molecule has 0 spiro atoms. The predicted octanol–water partition coefficient (Wildman–Crippen LogP) is 4.13. The van der Waals surface area contributed by atoms with Gasteiger partial charge < -0.3 is 14.2 Å². The SMILES string of the molecule is CO/C=C(/C(=O)OC)c1ccccc1[C@@H]1C[C@H]1c1ccc(OC)cc1. The van der Waals surface area contributed by atoms with Gasteiger partial charge in [0.05, 0.1) is 27.6 Å². The van der Waals surface area contributed by atoms with Crippen LogP contribution in [0.5, 0.6) is 5.75 Å². The first-order chi connectivity index (χ1) is 12.2. The molecule has 0 amide bonds. The van der Waals surface area contributed by atoms with Gasteiger partial charge in [-0.2, -0.15) is 0 Å². The Hall–Kier alpha value is -2.75. The molecule has 130 valence electrons. The smallest absolute Gasteiger partial charge is 0.341 e. The Morgan fingerprint density at radius 3 is 2.36 bits per heavy atom. The van der Waals surface area contributed by atoms with Crippen LogP contribution in [0.25, 0.3) is 5.57 Å². The summed E-state index contributed by atoms with van der Waals surface area (Å²) in [7, 11) is 4.58. The van der Waals surface area contributed by atoms with Gasteiger partial charge >= 0.3 is 5.97 Å². The van der Waals surface area contributed by atoms with Gasteiger partial charge in [-0.25, -0.2) is 4.79 Å². The van der Waals surface area contributed by atoms with Gasteiger partial charge in [-0.15, -0.1) is 0 Å². The molecule has 1 saturated carbocycles. The van der Waals surface area contributed by atoms with Gasteiger partial charge in [0.2, 0.25) is 0 Å². The first-order valence-corrected chi connectivity index (χ1v) is 8.24. The van der Waals surface area contributed by atoms with Gasteiger partial charge in [0.25, 0.3) is 0 Å². The highest BCUT2D eigenvalue weighted by Crippen LogP contribution is 2.56. The van der Waals surface area contributed by atoms with Crippen LogP contribution in [0.4, 0.5) is 0 Å². The Morgan fingerprint density at radius 2 is 1.72 bits per heavy atom. The van der Waals surface area contributed by atoms with Gasteiger partial charge in [0.1, 0.15) is 11.3 Å². The van der Waals surface area contributed by atoms with Gasteiger partial charge in [0.15, 0.2) is 0 Å². The Bertz CT molecular complexity index is 777. The highest BCUT2D eigenvalue weighted by Gasteiger charge is 2.41. The first-order valence-electron chi connectivity index (χ1n) is 8.24. The molecule has 2 aromatic rings. The maximum Gasteiger partial charge on any atom is 0.341 e. The molecule has 3 rings (SSSR count). The molecule has 0 N–H and O–H groups in total. The summed E-state index contributed by atoms with van der Waals surface area (Å²) >= 11 is 0. The maximum atomic E-state index is 12.1. The summed E-state index contributed by atoms with van der Waals surface area (Å²) in [6.07, 6.45) is 2.51. The van der Waals surface area contributed by atoms with E-state index in [1.54, 1.807) is 7.11 Å². The zero-order valence-electron chi connectivity index (χ0n) is 14.7. The molecule has 0 bridgehead atoms. The van der Waals surface area contributed by atoms with E-state index in [1.165, 1.54) is 26.0 Å². The third kappa shape index (κ3) is 3.53. The van der Waals surface area contributed by atoms with Gasteiger partial charge in [-0.1, -0.05) is 36.4 Å². The van der Waals surface area contributed by atoms with Gasteiger partial charge in [-0.3, -0.25) is 0 Å². The van der Waals surface area contributed by atoms with Crippen LogP contribution in [-0.4, -0.2) is 27.3 Å². The predicted molar refractivity (Wildman–Crippen MR) is 96.5 cm³/mol. The quantitative estimate of drug-likeness (QED) is 0.451. The van der Waals surface area contributed by atoms with E-state index in [-0.39, 0.29) is 0 Å². The van der Waals surface area contributed by atoms with E-state index in [4.69, 9.17) is 14.2 Å². The second-order valence-electron chi connectivity index (χ2n) is 6.07. The molecule has 1 aliphatic carbocycles. The zero-order valence-corrected chi connectivity index (χ0v) is 14.7. The normalized spacial score (nSPS) is 19.2. The largest absolute Gasteiger partial charge is 0.503 e. The fraction of sp³-hybridized carbons (Fsp3) is 0.286. The molecular formula is C21H22O4. The molecule has 1 fully saturated rings. The summed E-state index contributed by atoms with van der Waals surface area (Å²) in [5.74, 6) is 1.30. The fourth-order valence-corrected chi connectivity index (χ4v) is 3.27. The first kappa shape index (κ1) is 17.1. The molecule has 0 aliphatic heterocycles. The minimum Gasteiger partial charge on any atom is -0.503 e. The number of ether oxygens (including phenoxy) is 3. The maximum absolute atomic E-state index is 12.1. The number of carbonyl (C=O) groups is 1. The number of methoxy groups -OCH3 is 3. The van der Waals surface area contributed by atoms with Crippen LogP contribution in [0.1, 0.15) is 34.9 Å². The second-order valence-corrected chi connectivity index (χ2v) is 6.07. The number of esters is 1. The van der Waals surface area contributed by atoms with Crippen LogP contribution >= 0.6 is 0 Å². The van der Waals surface area contributed by atoms with E-state index >= 15 is 0 Å². The van der Waals surface area contributed by atoms with Crippen LogP contribution in [0, 0.1) is 0 Å². The number of rotatable bonds is 6. The highest BCUT2D eigenvalue weighted by atomic mass is 16.5. The van der Waals surface area contributed by atoms with Crippen LogP contribution in [0.15, 0.2) is 54.8 Å². The lowest BCUT2D eigenvalue weighted by Gasteiger charge is -2.12. The summed E-state index contributed by atoms with van der Waals surface area (Å²) in [5, 5.41) is 0. The van der Waals surface area contributed by atoms with Crippen molar-refractivity contribution in [2.75, 3.05) is 21.3 Å². The zero-order chi connectivity index (χ0) is 17.8. The number of hydrogen-bond donors (Lipinski definition) is 0. The number of hydrogen-bond acceptors (Lipinski definition) is 4. The minimum absolute atomic E-state index is 0.384. The Kier molecular flexibility index (Phi) is 5.08. The van der Waals surface area contributed by atoms with Crippen LogP contribution in [0.3, 0.4) is 0 Å². The summed E-state index contributed by atoms with van der Waals surface area (Å²) in [5.41, 5.74) is 3.76. The van der Waals surface area contributed by atoms with Crippen LogP contribution in [-0.2, 0) is 14.3 Å². The second kappa shape index (κ2) is 7.43. The molecule has 4 heteroatoms. The van der Waals surface area contributed by atoms with Crippen molar-refractivity contribution in [2.45, 2.75) is 18.3 Å². The Balaban J connectivity index is 1.89. The summed E-state index contributed by atoms with van der Waals surface area (Å²) in [6.45, 7) is 0. The average Bonchev–Trinajstić information content (AvgIpc) is 3.46. The third-order valence-electron chi connectivity index (χ3n) is 4.63. The van der Waals surface area contributed by atoms with Crippen molar-refractivity contribution in [2.24, 2.45) is 0 Å². The van der Waals surface area contributed by atoms with E-state index in [0.717, 1.165) is 23.3 Å². The van der Waals surface area contributed by atoms with Crippen LogP contribution in [0.2, 0.25) is 0 Å². The molecule has 0 aromatic heterocycles. The molecule has 0 saturated heterocycles.